The molecule has 0 unspecified atom stereocenters. The van der Waals surface area contributed by atoms with Crippen LogP contribution in [0.15, 0.2) is 109 Å². The molecule has 5 heteroatoms. The zero-order chi connectivity index (χ0) is 21.5. The lowest BCUT2D eigenvalue weighted by atomic mass is 9.91. The lowest BCUT2D eigenvalue weighted by molar-refractivity contribution is -0.145. The molecule has 0 aliphatic rings. The Morgan fingerprint density at radius 1 is 0.800 bits per heavy atom. The third-order valence-corrected chi connectivity index (χ3v) is 7.31. The summed E-state index contributed by atoms with van der Waals surface area (Å²) < 4.78 is 31.4. The van der Waals surface area contributed by atoms with E-state index in [1.807, 2.05) is 60.7 Å². The van der Waals surface area contributed by atoms with Crippen molar-refractivity contribution in [3.8, 4) is 0 Å². The highest BCUT2D eigenvalue weighted by molar-refractivity contribution is 7.93. The van der Waals surface area contributed by atoms with E-state index in [-0.39, 0.29) is 24.3 Å². The normalized spacial score (nSPS) is 11.6. The first-order valence-electron chi connectivity index (χ1n) is 9.65. The van der Waals surface area contributed by atoms with Gasteiger partial charge in [0, 0.05) is 12.8 Å². The van der Waals surface area contributed by atoms with E-state index < -0.39 is 20.6 Å². The fourth-order valence-corrected chi connectivity index (χ4v) is 5.41. The number of carbonyl (C=O) groups excluding carboxylic acids is 1. The van der Waals surface area contributed by atoms with Crippen molar-refractivity contribution in [2.45, 2.75) is 22.5 Å². The average molecular weight is 421 g/mol. The molecule has 4 nitrogen and oxygen atoms in total. The molecule has 0 spiro atoms. The Bertz CT molecular complexity index is 1030. The van der Waals surface area contributed by atoms with Crippen molar-refractivity contribution < 1.29 is 17.9 Å². The first-order chi connectivity index (χ1) is 14.5. The molecule has 0 bridgehead atoms. The highest BCUT2D eigenvalue weighted by Crippen LogP contribution is 2.34. The summed E-state index contributed by atoms with van der Waals surface area (Å²) in [4.78, 5) is 13.5. The molecular weight excluding hydrogens is 396 g/mol. The van der Waals surface area contributed by atoms with Crippen LogP contribution in [0.5, 0.6) is 0 Å². The zero-order valence-corrected chi connectivity index (χ0v) is 17.4. The van der Waals surface area contributed by atoms with Crippen molar-refractivity contribution in [1.29, 1.82) is 0 Å². The van der Waals surface area contributed by atoms with E-state index in [0.717, 1.165) is 11.1 Å². The third-order valence-electron chi connectivity index (χ3n) is 4.94. The molecule has 0 aliphatic heterocycles. The minimum absolute atomic E-state index is 0.00403. The first kappa shape index (κ1) is 21.5. The topological polar surface area (TPSA) is 60.4 Å². The van der Waals surface area contributed by atoms with E-state index >= 15 is 0 Å². The van der Waals surface area contributed by atoms with E-state index in [4.69, 9.17) is 4.74 Å². The molecule has 0 saturated carbocycles. The Balaban J connectivity index is 2.21. The summed E-state index contributed by atoms with van der Waals surface area (Å²) in [6, 6.07) is 26.4. The molecule has 3 rings (SSSR count). The van der Waals surface area contributed by atoms with Gasteiger partial charge in [0.1, 0.15) is 6.61 Å². The number of ether oxygens (including phenoxy) is 1. The van der Waals surface area contributed by atoms with Crippen LogP contribution in [0, 0.1) is 0 Å². The van der Waals surface area contributed by atoms with Crippen molar-refractivity contribution >= 4 is 15.8 Å². The fourth-order valence-electron chi connectivity index (χ4n) is 3.45. The number of hydrogen-bond acceptors (Lipinski definition) is 4. The quantitative estimate of drug-likeness (QED) is 0.380. The lowest BCUT2D eigenvalue weighted by Crippen LogP contribution is -2.51. The summed E-state index contributed by atoms with van der Waals surface area (Å²) in [6.07, 6.45) is 1.43. The van der Waals surface area contributed by atoms with Gasteiger partial charge in [0.25, 0.3) is 0 Å². The van der Waals surface area contributed by atoms with Gasteiger partial charge in [-0.25, -0.2) is 8.42 Å². The van der Waals surface area contributed by atoms with Crippen LogP contribution >= 0.6 is 0 Å². The van der Waals surface area contributed by atoms with Crippen LogP contribution < -0.4 is 0 Å². The monoisotopic (exact) mass is 420 g/mol. The first-order valence-corrected chi connectivity index (χ1v) is 11.1. The van der Waals surface area contributed by atoms with Crippen LogP contribution in [-0.2, 0) is 32.2 Å². The molecule has 0 aromatic heterocycles. The van der Waals surface area contributed by atoms with Gasteiger partial charge in [-0.2, -0.15) is 0 Å². The number of rotatable bonds is 9. The maximum absolute atomic E-state index is 13.9. The molecule has 0 aliphatic carbocycles. The predicted molar refractivity (Wildman–Crippen MR) is 118 cm³/mol. The van der Waals surface area contributed by atoms with Gasteiger partial charge in [0.2, 0.25) is 0 Å². The third kappa shape index (κ3) is 4.52. The molecule has 0 radical (unpaired) electrons. The summed E-state index contributed by atoms with van der Waals surface area (Å²) >= 11 is 0. The molecule has 154 valence electrons. The van der Waals surface area contributed by atoms with Gasteiger partial charge < -0.3 is 4.74 Å². The zero-order valence-electron chi connectivity index (χ0n) is 16.6. The second-order valence-corrected chi connectivity index (χ2v) is 9.28. The molecule has 3 aromatic rings. The summed E-state index contributed by atoms with van der Waals surface area (Å²) in [5.74, 6) is -0.779. The highest BCUT2D eigenvalue weighted by Gasteiger charge is 2.52. The second-order valence-electron chi connectivity index (χ2n) is 7.02. The van der Waals surface area contributed by atoms with E-state index in [0.29, 0.717) is 0 Å². The van der Waals surface area contributed by atoms with Crippen LogP contribution in [0.4, 0.5) is 0 Å². The summed E-state index contributed by atoms with van der Waals surface area (Å²) in [7, 11) is -4.10. The Hall–Kier alpha value is -3.18. The number of sulfone groups is 1. The van der Waals surface area contributed by atoms with Crippen molar-refractivity contribution in [3.05, 3.63) is 115 Å². The van der Waals surface area contributed by atoms with Crippen molar-refractivity contribution in [2.24, 2.45) is 0 Å². The fraction of sp³-hybridized carbons (Fsp3) is 0.160. The smallest absolute Gasteiger partial charge is 0.328 e. The molecule has 0 heterocycles. The minimum atomic E-state index is -4.10. The molecule has 0 N–H and O–H groups in total. The Kier molecular flexibility index (Phi) is 6.85. The van der Waals surface area contributed by atoms with Gasteiger partial charge in [-0.15, -0.1) is 0 Å². The maximum Gasteiger partial charge on any atom is 0.328 e. The largest absolute Gasteiger partial charge is 0.460 e. The number of benzene rings is 3. The van der Waals surface area contributed by atoms with Gasteiger partial charge in [-0.05, 0) is 23.3 Å². The van der Waals surface area contributed by atoms with Crippen LogP contribution in [0.1, 0.15) is 11.1 Å². The van der Waals surface area contributed by atoms with Gasteiger partial charge in [-0.3, -0.25) is 4.79 Å². The summed E-state index contributed by atoms with van der Waals surface area (Å²) in [5, 5.41) is 0. The van der Waals surface area contributed by atoms with Gasteiger partial charge in [0.15, 0.2) is 14.6 Å². The van der Waals surface area contributed by atoms with E-state index in [2.05, 4.69) is 6.58 Å². The maximum atomic E-state index is 13.9. The van der Waals surface area contributed by atoms with Crippen LogP contribution in [0.3, 0.4) is 0 Å². The van der Waals surface area contributed by atoms with Crippen LogP contribution in [0.2, 0.25) is 0 Å². The summed E-state index contributed by atoms with van der Waals surface area (Å²) in [5.41, 5.74) is 1.48. The Morgan fingerprint density at radius 3 is 1.67 bits per heavy atom. The van der Waals surface area contributed by atoms with Gasteiger partial charge in [0.05, 0.1) is 4.90 Å². The van der Waals surface area contributed by atoms with Gasteiger partial charge >= 0.3 is 5.97 Å². The Labute approximate surface area is 177 Å². The standard InChI is InChI=1S/C25H24O4S/c1-2-18-29-24(26)25(19-21-12-6-3-7-13-21,20-22-14-8-4-9-15-22)30(27,28)23-16-10-5-11-17-23/h2-17H,1,18-20H2. The molecular formula is C25H24O4S. The molecule has 3 aromatic carbocycles. The predicted octanol–water partition coefficient (Wildman–Crippen LogP) is 4.41. The van der Waals surface area contributed by atoms with Crippen LogP contribution in [0.25, 0.3) is 0 Å². The number of hydrogen-bond donors (Lipinski definition) is 0. The van der Waals surface area contributed by atoms with Gasteiger partial charge in [-0.1, -0.05) is 91.5 Å². The highest BCUT2D eigenvalue weighted by atomic mass is 32.2. The Morgan fingerprint density at radius 2 is 1.23 bits per heavy atom. The SMILES string of the molecule is C=CCOC(=O)C(Cc1ccccc1)(Cc1ccccc1)S(=O)(=O)c1ccccc1. The van der Waals surface area contributed by atoms with E-state index in [9.17, 15) is 13.2 Å². The number of esters is 1. The second kappa shape index (κ2) is 9.55. The van der Waals surface area contributed by atoms with Crippen molar-refractivity contribution in [1.82, 2.24) is 0 Å². The molecule has 0 amide bonds. The molecule has 0 saturated heterocycles. The van der Waals surface area contributed by atoms with Crippen molar-refractivity contribution in [3.63, 3.8) is 0 Å². The lowest BCUT2D eigenvalue weighted by Gasteiger charge is -2.31. The van der Waals surface area contributed by atoms with E-state index in [1.54, 1.807) is 18.2 Å². The molecule has 0 fully saturated rings. The summed E-state index contributed by atoms with van der Waals surface area (Å²) in [6.45, 7) is 3.52. The average Bonchev–Trinajstić information content (AvgIpc) is 2.78. The molecule has 0 atom stereocenters. The van der Waals surface area contributed by atoms with E-state index in [1.165, 1.54) is 18.2 Å². The van der Waals surface area contributed by atoms with Crippen LogP contribution in [-0.4, -0.2) is 25.7 Å². The van der Waals surface area contributed by atoms with Crippen molar-refractivity contribution in [2.75, 3.05) is 6.61 Å². The molecule has 30 heavy (non-hydrogen) atoms. The number of carbonyl (C=O) groups is 1. The minimum Gasteiger partial charge on any atom is -0.460 e.